The summed E-state index contributed by atoms with van der Waals surface area (Å²) in [4.78, 5) is 11.3. The maximum atomic E-state index is 14.5. The number of benzene rings is 1. The molecule has 0 atom stereocenters. The van der Waals surface area contributed by atoms with Crippen LogP contribution in [0.15, 0.2) is 6.07 Å². The number of carboxylic acid groups (broad SMARTS) is 1. The molecule has 21 heavy (non-hydrogen) atoms. The van der Waals surface area contributed by atoms with Gasteiger partial charge in [-0.3, -0.25) is 0 Å². The second-order valence-corrected chi connectivity index (χ2v) is 6.47. The lowest BCUT2D eigenvalue weighted by molar-refractivity contribution is 0.00578. The van der Waals surface area contributed by atoms with E-state index in [-0.39, 0.29) is 11.0 Å². The molecule has 114 valence electrons. The Labute approximate surface area is 124 Å². The van der Waals surface area contributed by atoms with Gasteiger partial charge in [0.25, 0.3) is 0 Å². The Morgan fingerprint density at radius 2 is 1.62 bits per heavy atom. The third kappa shape index (κ3) is 2.47. The number of hydrogen-bond donors (Lipinski definition) is 1. The van der Waals surface area contributed by atoms with Crippen LogP contribution in [0.1, 0.15) is 49.2 Å². The third-order valence-corrected chi connectivity index (χ3v) is 4.59. The zero-order valence-electron chi connectivity index (χ0n) is 13.2. The minimum Gasteiger partial charge on any atom is -0.478 e. The van der Waals surface area contributed by atoms with E-state index in [0.29, 0.717) is 11.1 Å². The van der Waals surface area contributed by atoms with Gasteiger partial charge in [-0.25, -0.2) is 9.18 Å². The second-order valence-electron chi connectivity index (χ2n) is 6.47. The summed E-state index contributed by atoms with van der Waals surface area (Å²) >= 11 is 0. The van der Waals surface area contributed by atoms with Gasteiger partial charge in [-0.2, -0.15) is 0 Å². The van der Waals surface area contributed by atoms with Gasteiger partial charge in [-0.05, 0) is 58.7 Å². The fourth-order valence-corrected chi connectivity index (χ4v) is 2.27. The molecule has 0 aliphatic carbocycles. The first-order valence-corrected chi connectivity index (χ1v) is 6.86. The topological polar surface area (TPSA) is 55.8 Å². The predicted molar refractivity (Wildman–Crippen MR) is 78.5 cm³/mol. The minimum atomic E-state index is -1.09. The normalized spacial score (nSPS) is 19.9. The number of hydrogen-bond acceptors (Lipinski definition) is 3. The van der Waals surface area contributed by atoms with E-state index in [1.807, 2.05) is 27.7 Å². The number of aromatic carboxylic acids is 1. The molecule has 0 unspecified atom stereocenters. The van der Waals surface area contributed by atoms with Gasteiger partial charge in [0, 0.05) is 5.46 Å². The zero-order valence-corrected chi connectivity index (χ0v) is 13.2. The Hall–Kier alpha value is -1.40. The van der Waals surface area contributed by atoms with Crippen LogP contribution in [0.4, 0.5) is 4.39 Å². The molecule has 0 aromatic heterocycles. The Bertz CT molecular complexity index is 594. The van der Waals surface area contributed by atoms with Crippen LogP contribution >= 0.6 is 0 Å². The summed E-state index contributed by atoms with van der Waals surface area (Å²) in [7, 11) is -0.910. The van der Waals surface area contributed by atoms with Crippen molar-refractivity contribution in [3.05, 3.63) is 28.6 Å². The van der Waals surface area contributed by atoms with Crippen molar-refractivity contribution in [3.8, 4) is 0 Å². The molecule has 1 saturated heterocycles. The van der Waals surface area contributed by atoms with E-state index < -0.39 is 30.1 Å². The van der Waals surface area contributed by atoms with Crippen molar-refractivity contribution in [1.82, 2.24) is 0 Å². The highest BCUT2D eigenvalue weighted by Gasteiger charge is 2.52. The zero-order chi connectivity index (χ0) is 16.2. The predicted octanol–water partition coefficient (Wildman–Crippen LogP) is 2.44. The second kappa shape index (κ2) is 4.82. The van der Waals surface area contributed by atoms with Gasteiger partial charge in [0.05, 0.1) is 16.8 Å². The summed E-state index contributed by atoms with van der Waals surface area (Å²) in [6.45, 7) is 10.6. The highest BCUT2D eigenvalue weighted by atomic mass is 19.1. The van der Waals surface area contributed by atoms with E-state index in [2.05, 4.69) is 0 Å². The first-order valence-electron chi connectivity index (χ1n) is 6.86. The van der Waals surface area contributed by atoms with E-state index in [9.17, 15) is 14.3 Å². The van der Waals surface area contributed by atoms with Crippen molar-refractivity contribution in [2.45, 2.75) is 52.7 Å². The number of carboxylic acids is 1. The van der Waals surface area contributed by atoms with Crippen molar-refractivity contribution in [2.75, 3.05) is 0 Å². The highest BCUT2D eigenvalue weighted by molar-refractivity contribution is 6.62. The lowest BCUT2D eigenvalue weighted by atomic mass is 9.76. The summed E-state index contributed by atoms with van der Waals surface area (Å²) in [6, 6.07) is 1.31. The summed E-state index contributed by atoms with van der Waals surface area (Å²) in [5.74, 6) is -1.57. The fraction of sp³-hybridized carbons (Fsp3) is 0.533. The number of rotatable bonds is 2. The first-order chi connectivity index (χ1) is 9.48. The van der Waals surface area contributed by atoms with Crippen LogP contribution in [0, 0.1) is 19.7 Å². The molecule has 1 aromatic rings. The fourth-order valence-electron chi connectivity index (χ4n) is 2.27. The first kappa shape index (κ1) is 16.0. The molecule has 0 radical (unpaired) electrons. The Balaban J connectivity index is 2.54. The molecule has 1 aliphatic heterocycles. The molecular weight excluding hydrogens is 274 g/mol. The summed E-state index contributed by atoms with van der Waals surface area (Å²) < 4.78 is 26.1. The lowest BCUT2D eigenvalue weighted by Crippen LogP contribution is -2.41. The molecule has 4 nitrogen and oxygen atoms in total. The molecule has 1 aromatic carbocycles. The maximum Gasteiger partial charge on any atom is 0.497 e. The van der Waals surface area contributed by atoms with Crippen LogP contribution < -0.4 is 5.46 Å². The Morgan fingerprint density at radius 3 is 2.05 bits per heavy atom. The van der Waals surface area contributed by atoms with Gasteiger partial charge in [0.1, 0.15) is 5.82 Å². The summed E-state index contributed by atoms with van der Waals surface area (Å²) in [5, 5.41) is 9.25. The number of carbonyl (C=O) groups is 1. The molecule has 0 bridgehead atoms. The van der Waals surface area contributed by atoms with Crippen LogP contribution in [-0.2, 0) is 9.31 Å². The van der Waals surface area contributed by atoms with E-state index in [1.54, 1.807) is 13.8 Å². The van der Waals surface area contributed by atoms with Crippen LogP contribution in [0.5, 0.6) is 0 Å². The minimum absolute atomic E-state index is 0.0682. The standard InChI is InChI=1S/C15H20BFO4/c1-8-9(2)12(17)11(7-10(8)13(18)19)16-20-14(3,4)15(5,6)21-16/h7H,1-6H3,(H,18,19). The highest BCUT2D eigenvalue weighted by Crippen LogP contribution is 2.37. The molecule has 2 rings (SSSR count). The van der Waals surface area contributed by atoms with E-state index in [4.69, 9.17) is 9.31 Å². The van der Waals surface area contributed by atoms with Crippen LogP contribution in [-0.4, -0.2) is 29.4 Å². The van der Waals surface area contributed by atoms with Crippen molar-refractivity contribution >= 4 is 18.6 Å². The third-order valence-electron chi connectivity index (χ3n) is 4.59. The smallest absolute Gasteiger partial charge is 0.478 e. The summed E-state index contributed by atoms with van der Waals surface area (Å²) in [6.07, 6.45) is 0. The molecule has 6 heteroatoms. The summed E-state index contributed by atoms with van der Waals surface area (Å²) in [5.41, 5.74) is -0.286. The van der Waals surface area contributed by atoms with Gasteiger partial charge < -0.3 is 14.4 Å². The SMILES string of the molecule is Cc1c(C(=O)O)cc(B2OC(C)(C)C(C)(C)O2)c(F)c1C. The maximum absolute atomic E-state index is 14.5. The van der Waals surface area contributed by atoms with Crippen molar-refractivity contribution in [1.29, 1.82) is 0 Å². The van der Waals surface area contributed by atoms with Crippen LogP contribution in [0.2, 0.25) is 0 Å². The molecule has 1 N–H and O–H groups in total. The quantitative estimate of drug-likeness (QED) is 0.851. The number of halogens is 1. The monoisotopic (exact) mass is 294 g/mol. The van der Waals surface area contributed by atoms with E-state index in [0.717, 1.165) is 0 Å². The van der Waals surface area contributed by atoms with E-state index >= 15 is 0 Å². The molecule has 1 heterocycles. The molecular formula is C15H20BFO4. The molecule has 0 saturated carbocycles. The molecule has 0 spiro atoms. The largest absolute Gasteiger partial charge is 0.497 e. The lowest BCUT2D eigenvalue weighted by Gasteiger charge is -2.32. The van der Waals surface area contributed by atoms with Gasteiger partial charge >= 0.3 is 13.1 Å². The van der Waals surface area contributed by atoms with Crippen LogP contribution in [0.25, 0.3) is 0 Å². The molecule has 1 aliphatic rings. The Kier molecular flexibility index (Phi) is 3.67. The van der Waals surface area contributed by atoms with E-state index in [1.165, 1.54) is 6.07 Å². The van der Waals surface area contributed by atoms with Crippen LogP contribution in [0.3, 0.4) is 0 Å². The molecule has 1 fully saturated rings. The van der Waals surface area contributed by atoms with Crippen molar-refractivity contribution in [3.63, 3.8) is 0 Å². The van der Waals surface area contributed by atoms with Gasteiger partial charge in [0.2, 0.25) is 0 Å². The van der Waals surface area contributed by atoms with Crippen molar-refractivity contribution in [2.24, 2.45) is 0 Å². The average Bonchev–Trinajstić information content (AvgIpc) is 2.55. The molecule has 0 amide bonds. The Morgan fingerprint density at radius 1 is 1.14 bits per heavy atom. The van der Waals surface area contributed by atoms with Gasteiger partial charge in [0.15, 0.2) is 0 Å². The van der Waals surface area contributed by atoms with Gasteiger partial charge in [-0.1, -0.05) is 0 Å². The van der Waals surface area contributed by atoms with Gasteiger partial charge in [-0.15, -0.1) is 0 Å². The average molecular weight is 294 g/mol. The van der Waals surface area contributed by atoms with Crippen molar-refractivity contribution < 1.29 is 23.6 Å².